The van der Waals surface area contributed by atoms with Crippen LogP contribution in [-0.2, 0) is 4.79 Å². The highest BCUT2D eigenvalue weighted by atomic mass is 79.9. The van der Waals surface area contributed by atoms with Gasteiger partial charge in [0, 0.05) is 34.0 Å². The number of carbonyl (C=O) groups excluding carboxylic acids is 1. The number of hydrogen-bond acceptors (Lipinski definition) is 5. The van der Waals surface area contributed by atoms with Crippen molar-refractivity contribution >= 4 is 50.9 Å². The number of rotatable bonds is 5. The number of aromatic nitrogens is 2. The van der Waals surface area contributed by atoms with Gasteiger partial charge in [-0.05, 0) is 40.5 Å². The van der Waals surface area contributed by atoms with Crippen LogP contribution in [0.5, 0.6) is 11.5 Å². The van der Waals surface area contributed by atoms with Gasteiger partial charge in [0.1, 0.15) is 13.2 Å². The van der Waals surface area contributed by atoms with Gasteiger partial charge in [-0.25, -0.2) is 4.98 Å². The summed E-state index contributed by atoms with van der Waals surface area (Å²) in [6, 6.07) is 9.27. The Morgan fingerprint density at radius 3 is 2.86 bits per heavy atom. The first-order valence-corrected chi connectivity index (χ1v) is 11.0. The van der Waals surface area contributed by atoms with Crippen molar-refractivity contribution in [3.05, 3.63) is 57.8 Å². The molecule has 1 aliphatic heterocycles. The first-order chi connectivity index (χ1) is 14.0. The highest BCUT2D eigenvalue weighted by Gasteiger charge is 2.17. The van der Waals surface area contributed by atoms with Crippen LogP contribution < -0.4 is 14.8 Å². The molecule has 0 unspecified atom stereocenters. The van der Waals surface area contributed by atoms with Crippen molar-refractivity contribution in [1.82, 2.24) is 9.55 Å². The van der Waals surface area contributed by atoms with Gasteiger partial charge < -0.3 is 14.8 Å². The van der Waals surface area contributed by atoms with E-state index in [2.05, 4.69) is 26.2 Å². The quantitative estimate of drug-likeness (QED) is 0.500. The summed E-state index contributed by atoms with van der Waals surface area (Å²) in [5.41, 5.74) is 2.53. The molecule has 6 nitrogen and oxygen atoms in total. The Bertz CT molecular complexity index is 1070. The molecular formula is C20H17BrClN3O3S. The molecule has 1 amide bonds. The number of fused-ring (bicyclic) bond motifs is 1. The van der Waals surface area contributed by atoms with Crippen LogP contribution >= 0.6 is 39.3 Å². The molecule has 3 aromatic rings. The monoisotopic (exact) mass is 493 g/mol. The average molecular weight is 495 g/mol. The number of imidazole rings is 1. The zero-order chi connectivity index (χ0) is 20.4. The third kappa shape index (κ3) is 4.39. The lowest BCUT2D eigenvalue weighted by atomic mass is 10.2. The highest BCUT2D eigenvalue weighted by Crippen LogP contribution is 2.38. The Morgan fingerprint density at radius 1 is 1.31 bits per heavy atom. The minimum absolute atomic E-state index is 0.148. The molecule has 1 aromatic heterocycles. The molecule has 9 heteroatoms. The summed E-state index contributed by atoms with van der Waals surface area (Å²) in [5.74, 6) is 1.34. The van der Waals surface area contributed by atoms with Crippen molar-refractivity contribution in [1.29, 1.82) is 0 Å². The van der Waals surface area contributed by atoms with Crippen LogP contribution in [0.4, 0.5) is 5.69 Å². The molecule has 1 N–H and O–H groups in total. The predicted molar refractivity (Wildman–Crippen MR) is 118 cm³/mol. The number of anilines is 1. The molecular weight excluding hydrogens is 478 g/mol. The topological polar surface area (TPSA) is 65.4 Å². The lowest BCUT2D eigenvalue weighted by Gasteiger charge is -2.20. The standard InChI is InChI=1S/C20H17BrClN3O3S/c1-12-14(22)3-2-4-16(12)25-6-5-23-20(25)29-11-19(26)24-15-10-18-17(9-13(15)21)27-7-8-28-18/h2-6,9-10H,7-8,11H2,1H3,(H,24,26). The molecule has 2 aromatic carbocycles. The van der Waals surface area contributed by atoms with E-state index in [1.807, 2.05) is 35.9 Å². The summed E-state index contributed by atoms with van der Waals surface area (Å²) >= 11 is 11.1. The Hall–Kier alpha value is -2.16. The third-order valence-electron chi connectivity index (χ3n) is 4.34. The number of nitrogens with zero attached hydrogens (tertiary/aromatic N) is 2. The minimum atomic E-state index is -0.148. The van der Waals surface area contributed by atoms with Crippen molar-refractivity contribution in [2.45, 2.75) is 12.1 Å². The predicted octanol–water partition coefficient (Wildman–Crippen LogP) is 5.10. The summed E-state index contributed by atoms with van der Waals surface area (Å²) < 4.78 is 13.8. The van der Waals surface area contributed by atoms with Gasteiger partial charge >= 0.3 is 0 Å². The molecule has 0 saturated heterocycles. The molecule has 29 heavy (non-hydrogen) atoms. The summed E-state index contributed by atoms with van der Waals surface area (Å²) in [4.78, 5) is 16.9. The Balaban J connectivity index is 1.45. The smallest absolute Gasteiger partial charge is 0.234 e. The number of hydrogen-bond donors (Lipinski definition) is 1. The fourth-order valence-corrected chi connectivity index (χ4v) is 4.27. The summed E-state index contributed by atoms with van der Waals surface area (Å²) in [7, 11) is 0. The third-order valence-corrected chi connectivity index (χ3v) is 6.38. The first kappa shape index (κ1) is 20.1. The molecule has 0 bridgehead atoms. The van der Waals surface area contributed by atoms with Crippen LogP contribution in [-0.4, -0.2) is 34.4 Å². The van der Waals surface area contributed by atoms with E-state index in [-0.39, 0.29) is 11.7 Å². The van der Waals surface area contributed by atoms with Gasteiger partial charge in [0.25, 0.3) is 0 Å². The number of thioether (sulfide) groups is 1. The fraction of sp³-hybridized carbons (Fsp3) is 0.200. The summed E-state index contributed by atoms with van der Waals surface area (Å²) in [6.07, 6.45) is 3.56. The molecule has 0 saturated carbocycles. The fourth-order valence-electron chi connectivity index (χ4n) is 2.91. The van der Waals surface area contributed by atoms with Crippen molar-refractivity contribution in [3.8, 4) is 17.2 Å². The molecule has 2 heterocycles. The van der Waals surface area contributed by atoms with Crippen molar-refractivity contribution in [2.24, 2.45) is 0 Å². The zero-order valence-corrected chi connectivity index (χ0v) is 18.6. The maximum Gasteiger partial charge on any atom is 0.234 e. The molecule has 150 valence electrons. The van der Waals surface area contributed by atoms with Crippen molar-refractivity contribution < 1.29 is 14.3 Å². The second-order valence-electron chi connectivity index (χ2n) is 6.28. The van der Waals surface area contributed by atoms with Gasteiger partial charge in [-0.3, -0.25) is 9.36 Å². The highest BCUT2D eigenvalue weighted by molar-refractivity contribution is 9.10. The lowest BCUT2D eigenvalue weighted by Crippen LogP contribution is -2.17. The van der Waals surface area contributed by atoms with Crippen LogP contribution in [0.3, 0.4) is 0 Å². The molecule has 1 aliphatic rings. The van der Waals surface area contributed by atoms with Gasteiger partial charge in [-0.15, -0.1) is 0 Å². The van der Waals surface area contributed by atoms with E-state index in [0.717, 1.165) is 15.7 Å². The maximum atomic E-state index is 12.5. The SMILES string of the molecule is Cc1c(Cl)cccc1-n1ccnc1SCC(=O)Nc1cc2c(cc1Br)OCCO2. The van der Waals surface area contributed by atoms with E-state index in [1.165, 1.54) is 11.8 Å². The van der Waals surface area contributed by atoms with Gasteiger partial charge in [0.05, 0.1) is 17.1 Å². The summed E-state index contributed by atoms with van der Waals surface area (Å²) in [5, 5.41) is 4.31. The van der Waals surface area contributed by atoms with E-state index >= 15 is 0 Å². The van der Waals surface area contributed by atoms with E-state index in [4.69, 9.17) is 21.1 Å². The molecule has 0 spiro atoms. The normalized spacial score (nSPS) is 12.7. The van der Waals surface area contributed by atoms with Crippen LogP contribution in [0, 0.1) is 6.92 Å². The molecule has 0 fully saturated rings. The maximum absolute atomic E-state index is 12.5. The van der Waals surface area contributed by atoms with Crippen LogP contribution in [0.25, 0.3) is 5.69 Å². The molecule has 0 radical (unpaired) electrons. The number of amides is 1. The summed E-state index contributed by atoms with van der Waals surface area (Å²) in [6.45, 7) is 2.96. The molecule has 0 atom stereocenters. The van der Waals surface area contributed by atoms with Crippen molar-refractivity contribution in [2.75, 3.05) is 24.3 Å². The largest absolute Gasteiger partial charge is 0.486 e. The number of carbonyl (C=O) groups is 1. The van der Waals surface area contributed by atoms with Gasteiger partial charge in [0.15, 0.2) is 16.7 Å². The zero-order valence-electron chi connectivity index (χ0n) is 15.4. The number of nitrogens with one attached hydrogen (secondary N) is 1. The number of ether oxygens (including phenoxy) is 2. The van der Waals surface area contributed by atoms with Crippen molar-refractivity contribution in [3.63, 3.8) is 0 Å². The van der Waals surface area contributed by atoms with Crippen LogP contribution in [0.1, 0.15) is 5.56 Å². The number of halogens is 2. The molecule has 0 aliphatic carbocycles. The van der Waals surface area contributed by atoms with E-state index < -0.39 is 0 Å². The van der Waals surface area contributed by atoms with Crippen LogP contribution in [0.15, 0.2) is 52.4 Å². The van der Waals surface area contributed by atoms with E-state index in [0.29, 0.717) is 40.6 Å². The molecule has 4 rings (SSSR count). The van der Waals surface area contributed by atoms with Gasteiger partial charge in [0.2, 0.25) is 5.91 Å². The van der Waals surface area contributed by atoms with Gasteiger partial charge in [-0.1, -0.05) is 29.4 Å². The lowest BCUT2D eigenvalue weighted by molar-refractivity contribution is -0.113. The average Bonchev–Trinajstić information content (AvgIpc) is 3.17. The number of benzene rings is 2. The Labute approximate surface area is 185 Å². The Kier molecular flexibility index (Phi) is 6.03. The van der Waals surface area contributed by atoms with Gasteiger partial charge in [-0.2, -0.15) is 0 Å². The Morgan fingerprint density at radius 2 is 2.07 bits per heavy atom. The minimum Gasteiger partial charge on any atom is -0.486 e. The van der Waals surface area contributed by atoms with E-state index in [1.54, 1.807) is 18.3 Å². The second kappa shape index (κ2) is 8.69. The van der Waals surface area contributed by atoms with E-state index in [9.17, 15) is 4.79 Å². The second-order valence-corrected chi connectivity index (χ2v) is 8.48. The first-order valence-electron chi connectivity index (χ1n) is 8.83. The van der Waals surface area contributed by atoms with Crippen LogP contribution in [0.2, 0.25) is 5.02 Å².